The van der Waals surface area contributed by atoms with Gasteiger partial charge in [0.15, 0.2) is 5.65 Å². The van der Waals surface area contributed by atoms with E-state index in [0.717, 1.165) is 29.8 Å². The van der Waals surface area contributed by atoms with Gasteiger partial charge >= 0.3 is 0 Å². The third-order valence-corrected chi connectivity index (χ3v) is 4.72. The molecule has 1 aromatic carbocycles. The number of anilines is 1. The van der Waals surface area contributed by atoms with Crippen LogP contribution >= 0.6 is 0 Å². The first kappa shape index (κ1) is 14.2. The van der Waals surface area contributed by atoms with Crippen molar-refractivity contribution < 1.29 is 0 Å². The van der Waals surface area contributed by atoms with E-state index in [2.05, 4.69) is 55.4 Å². The summed E-state index contributed by atoms with van der Waals surface area (Å²) in [6, 6.07) is 11.3. The Labute approximate surface area is 135 Å². The fourth-order valence-electron chi connectivity index (χ4n) is 3.58. The lowest BCUT2D eigenvalue weighted by Crippen LogP contribution is -2.30. The second-order valence-electron chi connectivity index (χ2n) is 6.20. The van der Waals surface area contributed by atoms with Crippen molar-refractivity contribution in [1.82, 2.24) is 20.2 Å². The molecule has 1 saturated heterocycles. The molecule has 5 heteroatoms. The lowest BCUT2D eigenvalue weighted by Gasteiger charge is -2.26. The van der Waals surface area contributed by atoms with Gasteiger partial charge in [0, 0.05) is 12.6 Å². The Kier molecular flexibility index (Phi) is 3.92. The summed E-state index contributed by atoms with van der Waals surface area (Å²) in [5, 5.41) is 8.07. The van der Waals surface area contributed by atoms with Crippen LogP contribution < -0.4 is 4.90 Å². The van der Waals surface area contributed by atoms with Crippen molar-refractivity contribution in [3.05, 3.63) is 48.4 Å². The number of aromatic amines is 1. The molecular formula is C18H21N5. The third kappa shape index (κ3) is 2.91. The standard InChI is InChI=1S/C18H21N5/c1-2-6-14(7-3-1)8-4-9-15-10-5-11-23(15)18-16-12-21-22-17(16)19-13-20-18/h1-3,6-7,12-13,15H,4-5,8-11H2,(H,19,20,21,22). The highest BCUT2D eigenvalue weighted by molar-refractivity contribution is 5.86. The predicted molar refractivity (Wildman–Crippen MR) is 91.4 cm³/mol. The van der Waals surface area contributed by atoms with Gasteiger partial charge in [0.25, 0.3) is 0 Å². The molecule has 5 nitrogen and oxygen atoms in total. The summed E-state index contributed by atoms with van der Waals surface area (Å²) in [6.07, 6.45) is 9.52. The van der Waals surface area contributed by atoms with Crippen molar-refractivity contribution in [3.8, 4) is 0 Å². The van der Waals surface area contributed by atoms with Gasteiger partial charge in [-0.15, -0.1) is 0 Å². The minimum Gasteiger partial charge on any atom is -0.353 e. The van der Waals surface area contributed by atoms with Crippen LogP contribution in [0.25, 0.3) is 11.0 Å². The van der Waals surface area contributed by atoms with Crippen LogP contribution in [0.5, 0.6) is 0 Å². The molecule has 2 aromatic heterocycles. The molecular weight excluding hydrogens is 286 g/mol. The second kappa shape index (κ2) is 6.36. The molecule has 0 spiro atoms. The molecule has 1 fully saturated rings. The number of benzene rings is 1. The number of nitrogens with one attached hydrogen (secondary N) is 1. The molecule has 1 aliphatic heterocycles. The summed E-state index contributed by atoms with van der Waals surface area (Å²) in [5.74, 6) is 1.03. The summed E-state index contributed by atoms with van der Waals surface area (Å²) in [4.78, 5) is 11.2. The highest BCUT2D eigenvalue weighted by Crippen LogP contribution is 2.30. The molecule has 1 aliphatic rings. The zero-order chi connectivity index (χ0) is 15.5. The summed E-state index contributed by atoms with van der Waals surface area (Å²) >= 11 is 0. The van der Waals surface area contributed by atoms with E-state index >= 15 is 0 Å². The Hall–Kier alpha value is -2.43. The molecule has 0 saturated carbocycles. The Balaban J connectivity index is 1.45. The average Bonchev–Trinajstić information content (AvgIpc) is 3.24. The fourth-order valence-corrected chi connectivity index (χ4v) is 3.58. The SMILES string of the molecule is c1ccc(CCCC2CCCN2c2ncnc3[nH]ncc23)cc1. The van der Waals surface area contributed by atoms with Crippen LogP contribution in [0.1, 0.15) is 31.2 Å². The number of rotatable bonds is 5. The first-order chi connectivity index (χ1) is 11.4. The minimum absolute atomic E-state index is 0.576. The van der Waals surface area contributed by atoms with Crippen LogP contribution in [0.2, 0.25) is 0 Å². The molecule has 0 radical (unpaired) electrons. The number of hydrogen-bond acceptors (Lipinski definition) is 4. The van der Waals surface area contributed by atoms with Crippen molar-refractivity contribution in [2.75, 3.05) is 11.4 Å². The van der Waals surface area contributed by atoms with E-state index in [4.69, 9.17) is 0 Å². The van der Waals surface area contributed by atoms with Crippen molar-refractivity contribution in [2.24, 2.45) is 0 Å². The van der Waals surface area contributed by atoms with E-state index in [0.29, 0.717) is 6.04 Å². The average molecular weight is 307 g/mol. The first-order valence-corrected chi connectivity index (χ1v) is 8.36. The molecule has 4 rings (SSSR count). The Bertz CT molecular complexity index is 767. The maximum Gasteiger partial charge on any atom is 0.160 e. The number of fused-ring (bicyclic) bond motifs is 1. The molecule has 0 amide bonds. The van der Waals surface area contributed by atoms with Gasteiger partial charge in [-0.25, -0.2) is 9.97 Å². The number of aryl methyl sites for hydroxylation is 1. The van der Waals surface area contributed by atoms with Crippen LogP contribution in [0.3, 0.4) is 0 Å². The van der Waals surface area contributed by atoms with E-state index in [1.807, 2.05) is 6.20 Å². The molecule has 0 bridgehead atoms. The highest BCUT2D eigenvalue weighted by atomic mass is 15.2. The number of aromatic nitrogens is 4. The fraction of sp³-hybridized carbons (Fsp3) is 0.389. The monoisotopic (exact) mass is 307 g/mol. The van der Waals surface area contributed by atoms with E-state index in [-0.39, 0.29) is 0 Å². The van der Waals surface area contributed by atoms with Crippen molar-refractivity contribution >= 4 is 16.9 Å². The normalized spacial score (nSPS) is 17.9. The van der Waals surface area contributed by atoms with Crippen LogP contribution in [0, 0.1) is 0 Å². The molecule has 118 valence electrons. The molecule has 1 N–H and O–H groups in total. The van der Waals surface area contributed by atoms with Gasteiger partial charge in [-0.2, -0.15) is 5.10 Å². The summed E-state index contributed by atoms with van der Waals surface area (Å²) in [7, 11) is 0. The van der Waals surface area contributed by atoms with E-state index < -0.39 is 0 Å². The zero-order valence-corrected chi connectivity index (χ0v) is 13.2. The maximum atomic E-state index is 4.53. The molecule has 1 unspecified atom stereocenters. The lowest BCUT2D eigenvalue weighted by atomic mass is 10.0. The number of hydrogen-bond donors (Lipinski definition) is 1. The summed E-state index contributed by atoms with van der Waals surface area (Å²) < 4.78 is 0. The van der Waals surface area contributed by atoms with Crippen molar-refractivity contribution in [3.63, 3.8) is 0 Å². The van der Waals surface area contributed by atoms with Crippen LogP contribution in [0.4, 0.5) is 5.82 Å². The van der Waals surface area contributed by atoms with Crippen molar-refractivity contribution in [1.29, 1.82) is 0 Å². The highest BCUT2D eigenvalue weighted by Gasteiger charge is 2.27. The van der Waals surface area contributed by atoms with Crippen LogP contribution in [0.15, 0.2) is 42.9 Å². The molecule has 23 heavy (non-hydrogen) atoms. The van der Waals surface area contributed by atoms with Gasteiger partial charge in [-0.1, -0.05) is 30.3 Å². The van der Waals surface area contributed by atoms with Gasteiger partial charge in [0.2, 0.25) is 0 Å². The van der Waals surface area contributed by atoms with Gasteiger partial charge in [-0.3, -0.25) is 5.10 Å². The molecule has 1 atom stereocenters. The largest absolute Gasteiger partial charge is 0.353 e. The predicted octanol–water partition coefficient (Wildman–Crippen LogP) is 3.34. The van der Waals surface area contributed by atoms with E-state index in [1.165, 1.54) is 31.2 Å². The molecule has 0 aliphatic carbocycles. The van der Waals surface area contributed by atoms with Crippen LogP contribution in [-0.4, -0.2) is 32.8 Å². The van der Waals surface area contributed by atoms with Gasteiger partial charge < -0.3 is 4.90 Å². The van der Waals surface area contributed by atoms with Crippen molar-refractivity contribution in [2.45, 2.75) is 38.1 Å². The zero-order valence-electron chi connectivity index (χ0n) is 13.2. The Morgan fingerprint density at radius 2 is 2.09 bits per heavy atom. The smallest absolute Gasteiger partial charge is 0.160 e. The van der Waals surface area contributed by atoms with Gasteiger partial charge in [0.05, 0.1) is 11.6 Å². The second-order valence-corrected chi connectivity index (χ2v) is 6.20. The quantitative estimate of drug-likeness (QED) is 0.785. The maximum absolute atomic E-state index is 4.53. The number of nitrogens with zero attached hydrogens (tertiary/aromatic N) is 4. The molecule has 3 aromatic rings. The lowest BCUT2D eigenvalue weighted by molar-refractivity contribution is 0.578. The van der Waals surface area contributed by atoms with Crippen LogP contribution in [-0.2, 0) is 6.42 Å². The third-order valence-electron chi connectivity index (χ3n) is 4.72. The summed E-state index contributed by atoms with van der Waals surface area (Å²) in [6.45, 7) is 1.08. The number of H-pyrrole nitrogens is 1. The van der Waals surface area contributed by atoms with E-state index in [9.17, 15) is 0 Å². The summed E-state index contributed by atoms with van der Waals surface area (Å²) in [5.41, 5.74) is 2.25. The van der Waals surface area contributed by atoms with Gasteiger partial charge in [-0.05, 0) is 37.7 Å². The molecule has 3 heterocycles. The minimum atomic E-state index is 0.576. The Morgan fingerprint density at radius 1 is 1.17 bits per heavy atom. The Morgan fingerprint density at radius 3 is 3.00 bits per heavy atom. The van der Waals surface area contributed by atoms with Gasteiger partial charge in [0.1, 0.15) is 12.1 Å². The topological polar surface area (TPSA) is 57.7 Å². The van der Waals surface area contributed by atoms with E-state index in [1.54, 1.807) is 6.33 Å². The first-order valence-electron chi connectivity index (χ1n) is 8.36.